The summed E-state index contributed by atoms with van der Waals surface area (Å²) in [5.41, 5.74) is 8.27. The van der Waals surface area contributed by atoms with Crippen molar-refractivity contribution in [1.82, 2.24) is 14.9 Å². The summed E-state index contributed by atoms with van der Waals surface area (Å²) in [4.78, 5) is 22.1. The van der Waals surface area contributed by atoms with Gasteiger partial charge in [0.15, 0.2) is 0 Å². The summed E-state index contributed by atoms with van der Waals surface area (Å²) >= 11 is 0. The number of imidazole rings is 1. The maximum Gasteiger partial charge on any atom is 0.335 e. The van der Waals surface area contributed by atoms with Gasteiger partial charge in [0.1, 0.15) is 5.82 Å². The van der Waals surface area contributed by atoms with E-state index in [2.05, 4.69) is 72.4 Å². The number of para-hydroxylation sites is 1. The molecule has 0 bridgehead atoms. The van der Waals surface area contributed by atoms with Gasteiger partial charge in [-0.2, -0.15) is 0 Å². The van der Waals surface area contributed by atoms with Crippen molar-refractivity contribution >= 4 is 22.6 Å². The zero-order valence-corrected chi connectivity index (χ0v) is 20.3. The van der Waals surface area contributed by atoms with Gasteiger partial charge in [-0.05, 0) is 79.7 Å². The highest BCUT2D eigenvalue weighted by atomic mass is 16.4. The van der Waals surface area contributed by atoms with Gasteiger partial charge in [0.05, 0.1) is 22.6 Å². The van der Waals surface area contributed by atoms with E-state index >= 15 is 0 Å². The molecule has 1 unspecified atom stereocenters. The van der Waals surface area contributed by atoms with E-state index in [1.807, 2.05) is 12.1 Å². The summed E-state index contributed by atoms with van der Waals surface area (Å²) in [5.74, 6) is -0.0695. The fourth-order valence-electron chi connectivity index (χ4n) is 4.99. The van der Waals surface area contributed by atoms with Crippen LogP contribution in [-0.4, -0.2) is 39.5 Å². The van der Waals surface area contributed by atoms with Crippen LogP contribution in [0.25, 0.3) is 27.7 Å². The number of hydrogen-bond acceptors (Lipinski definition) is 3. The molecule has 4 aromatic rings. The third-order valence-corrected chi connectivity index (χ3v) is 7.06. The molecule has 5 nitrogen and oxygen atoms in total. The Bertz CT molecular complexity index is 1370. The number of aromatic carboxylic acids is 1. The van der Waals surface area contributed by atoms with E-state index < -0.39 is 5.97 Å². The highest BCUT2D eigenvalue weighted by Gasteiger charge is 2.23. The number of benzene rings is 3. The molecule has 1 heterocycles. The molecular formula is C30H31N3O2. The van der Waals surface area contributed by atoms with Crippen LogP contribution in [0.1, 0.15) is 66.0 Å². The molecule has 2 N–H and O–H groups in total. The average Bonchev–Trinajstić information content (AvgIpc) is 3.33. The van der Waals surface area contributed by atoms with Crippen LogP contribution in [0.5, 0.6) is 0 Å². The summed E-state index contributed by atoms with van der Waals surface area (Å²) in [6.45, 7) is 2.93. The molecule has 0 aliphatic heterocycles. The van der Waals surface area contributed by atoms with Crippen molar-refractivity contribution in [1.29, 1.82) is 0 Å². The Morgan fingerprint density at radius 1 is 1.03 bits per heavy atom. The van der Waals surface area contributed by atoms with Gasteiger partial charge >= 0.3 is 5.97 Å². The minimum Gasteiger partial charge on any atom is -0.478 e. The maximum atomic E-state index is 11.3. The van der Waals surface area contributed by atoms with Gasteiger partial charge in [-0.1, -0.05) is 61.5 Å². The van der Waals surface area contributed by atoms with Gasteiger partial charge in [-0.3, -0.25) is 4.90 Å². The van der Waals surface area contributed by atoms with E-state index in [1.54, 1.807) is 12.1 Å². The zero-order valence-electron chi connectivity index (χ0n) is 20.3. The molecule has 5 heteroatoms. The first-order valence-corrected chi connectivity index (χ1v) is 12.4. The first kappa shape index (κ1) is 23.1. The Morgan fingerprint density at radius 2 is 1.77 bits per heavy atom. The second-order valence-electron chi connectivity index (χ2n) is 9.28. The van der Waals surface area contributed by atoms with Crippen molar-refractivity contribution in [2.45, 2.75) is 38.6 Å². The molecule has 35 heavy (non-hydrogen) atoms. The Balaban J connectivity index is 1.52. The lowest BCUT2D eigenvalue weighted by molar-refractivity contribution is 0.0697. The smallest absolute Gasteiger partial charge is 0.335 e. The lowest BCUT2D eigenvalue weighted by Crippen LogP contribution is -2.26. The van der Waals surface area contributed by atoms with Crippen LogP contribution in [0.2, 0.25) is 0 Å². The number of fused-ring (bicyclic) bond motifs is 1. The molecule has 1 aliphatic carbocycles. The monoisotopic (exact) mass is 465 g/mol. The van der Waals surface area contributed by atoms with Crippen molar-refractivity contribution in [3.63, 3.8) is 0 Å². The van der Waals surface area contributed by atoms with Gasteiger partial charge < -0.3 is 10.1 Å². The minimum atomic E-state index is -0.920. The maximum absolute atomic E-state index is 11.3. The van der Waals surface area contributed by atoms with Gasteiger partial charge in [0.25, 0.3) is 0 Å². The highest BCUT2D eigenvalue weighted by molar-refractivity contribution is 5.92. The van der Waals surface area contributed by atoms with Gasteiger partial charge in [-0.15, -0.1) is 0 Å². The van der Waals surface area contributed by atoms with Crippen molar-refractivity contribution in [2.24, 2.45) is 0 Å². The molecule has 5 rings (SSSR count). The van der Waals surface area contributed by atoms with Crippen LogP contribution in [-0.2, 0) is 0 Å². The van der Waals surface area contributed by atoms with Crippen LogP contribution < -0.4 is 0 Å². The van der Waals surface area contributed by atoms with E-state index in [9.17, 15) is 9.90 Å². The molecule has 0 saturated carbocycles. The number of carbonyl (C=O) groups is 1. The third kappa shape index (κ3) is 4.64. The summed E-state index contributed by atoms with van der Waals surface area (Å²) in [6, 6.07) is 22.1. The fraction of sp³-hybridized carbons (Fsp3) is 0.267. The van der Waals surface area contributed by atoms with Gasteiger partial charge in [-0.25, -0.2) is 9.78 Å². The minimum absolute atomic E-state index is 0.108. The third-order valence-electron chi connectivity index (χ3n) is 7.06. The molecule has 1 atom stereocenters. The first-order chi connectivity index (χ1) is 17.0. The average molecular weight is 466 g/mol. The summed E-state index contributed by atoms with van der Waals surface area (Å²) in [6.07, 6.45) is 7.29. The molecule has 0 radical (unpaired) electrons. The second-order valence-corrected chi connectivity index (χ2v) is 9.28. The number of rotatable bonds is 7. The largest absolute Gasteiger partial charge is 0.478 e. The van der Waals surface area contributed by atoms with E-state index in [1.165, 1.54) is 30.4 Å². The Labute approximate surface area is 206 Å². The molecule has 0 saturated heterocycles. The number of carboxylic acid groups (broad SMARTS) is 1. The predicted molar refractivity (Wildman–Crippen MR) is 142 cm³/mol. The summed E-state index contributed by atoms with van der Waals surface area (Å²) in [7, 11) is 2.06. The normalized spacial score (nSPS) is 14.8. The van der Waals surface area contributed by atoms with Crippen molar-refractivity contribution in [3.8, 4) is 11.1 Å². The summed E-state index contributed by atoms with van der Waals surface area (Å²) < 4.78 is 0. The SMILES string of the molecule is CCN(C)C(c1ccc(C(=O)O)cc1)c1nc2c(-c3ccc(C4=CCCCC4)cc3)cccc2[nH]1. The molecule has 1 aliphatic rings. The molecule has 1 aromatic heterocycles. The van der Waals surface area contributed by atoms with E-state index in [0.717, 1.165) is 46.5 Å². The number of nitrogens with one attached hydrogen (secondary N) is 1. The van der Waals surface area contributed by atoms with Crippen LogP contribution in [0.15, 0.2) is 72.8 Å². The summed E-state index contributed by atoms with van der Waals surface area (Å²) in [5, 5.41) is 9.28. The Hall–Kier alpha value is -3.70. The fourth-order valence-corrected chi connectivity index (χ4v) is 4.99. The topological polar surface area (TPSA) is 69.2 Å². The standard InChI is InChI=1S/C30H31N3O2/c1-3-33(2)28(23-16-18-24(19-17-23)30(34)35)29-31-26-11-7-10-25(27(26)32-29)22-14-12-21(13-15-22)20-8-5-4-6-9-20/h7-8,10-19,28H,3-6,9H2,1-2H3,(H,31,32)(H,34,35). The lowest BCUT2D eigenvalue weighted by atomic mass is 9.92. The molecule has 178 valence electrons. The highest BCUT2D eigenvalue weighted by Crippen LogP contribution is 2.33. The van der Waals surface area contributed by atoms with E-state index in [-0.39, 0.29) is 11.6 Å². The number of nitrogens with zero attached hydrogens (tertiary/aromatic N) is 2. The molecular weight excluding hydrogens is 434 g/mol. The Morgan fingerprint density at radius 3 is 2.43 bits per heavy atom. The predicted octanol–water partition coefficient (Wildman–Crippen LogP) is 6.93. The Kier molecular flexibility index (Phi) is 6.51. The number of allylic oxidation sites excluding steroid dienone is 2. The van der Waals surface area contributed by atoms with Gasteiger partial charge in [0.2, 0.25) is 0 Å². The van der Waals surface area contributed by atoms with E-state index in [0.29, 0.717) is 0 Å². The second kappa shape index (κ2) is 9.88. The van der Waals surface area contributed by atoms with Gasteiger partial charge in [0, 0.05) is 5.56 Å². The number of H-pyrrole nitrogens is 1. The number of aromatic nitrogens is 2. The number of carboxylic acids is 1. The van der Waals surface area contributed by atoms with Crippen LogP contribution in [0.3, 0.4) is 0 Å². The van der Waals surface area contributed by atoms with Crippen molar-refractivity contribution in [2.75, 3.05) is 13.6 Å². The zero-order chi connectivity index (χ0) is 24.4. The lowest BCUT2D eigenvalue weighted by Gasteiger charge is -2.25. The molecule has 0 spiro atoms. The first-order valence-electron chi connectivity index (χ1n) is 12.4. The van der Waals surface area contributed by atoms with Crippen LogP contribution in [0, 0.1) is 0 Å². The number of hydrogen-bond donors (Lipinski definition) is 2. The molecule has 0 amide bonds. The quantitative estimate of drug-likeness (QED) is 0.311. The molecule has 3 aromatic carbocycles. The van der Waals surface area contributed by atoms with Crippen molar-refractivity contribution < 1.29 is 9.90 Å². The number of aromatic amines is 1. The van der Waals surface area contributed by atoms with Crippen LogP contribution >= 0.6 is 0 Å². The molecule has 0 fully saturated rings. The van der Waals surface area contributed by atoms with Crippen LogP contribution in [0.4, 0.5) is 0 Å². The van der Waals surface area contributed by atoms with E-state index in [4.69, 9.17) is 4.98 Å². The van der Waals surface area contributed by atoms with Crippen molar-refractivity contribution in [3.05, 3.63) is 95.3 Å².